The Balaban J connectivity index is 2.26. The Hall–Kier alpha value is -1.39. The van der Waals surface area contributed by atoms with E-state index in [1.54, 1.807) is 0 Å². The van der Waals surface area contributed by atoms with Gasteiger partial charge in [-0.1, -0.05) is 37.1 Å². The molecule has 0 unspecified atom stereocenters. The average Bonchev–Trinajstić information content (AvgIpc) is 2.39. The average molecular weight is 265 g/mol. The van der Waals surface area contributed by atoms with Crippen LogP contribution in [0.1, 0.15) is 36.8 Å². The Morgan fingerprint density at radius 1 is 1.05 bits per heavy atom. The van der Waals surface area contributed by atoms with E-state index in [0.717, 1.165) is 43.4 Å². The van der Waals surface area contributed by atoms with Crippen LogP contribution in [-0.2, 0) is 17.8 Å². The van der Waals surface area contributed by atoms with Crippen LogP contribution in [0, 0.1) is 0 Å². The molecule has 3 N–H and O–H groups in total. The molecule has 0 radical (unpaired) electrons. The van der Waals surface area contributed by atoms with E-state index in [0.29, 0.717) is 6.54 Å². The van der Waals surface area contributed by atoms with Crippen LogP contribution in [0.3, 0.4) is 0 Å². The lowest BCUT2D eigenvalue weighted by molar-refractivity contribution is -0.136. The second-order valence-electron chi connectivity index (χ2n) is 4.65. The minimum atomic E-state index is -0.795. The van der Waals surface area contributed by atoms with E-state index >= 15 is 0 Å². The Kier molecular flexibility index (Phi) is 7.86. The molecule has 19 heavy (non-hydrogen) atoms. The summed E-state index contributed by atoms with van der Waals surface area (Å²) in [5.74, 6) is -0.795. The van der Waals surface area contributed by atoms with Gasteiger partial charge in [0, 0.05) is 13.2 Å². The molecule has 0 saturated heterocycles. The lowest BCUT2D eigenvalue weighted by atomic mass is 10.0. The fourth-order valence-electron chi connectivity index (χ4n) is 2.00. The molecule has 4 heteroatoms. The number of carboxylic acid groups (broad SMARTS) is 1. The Morgan fingerprint density at radius 2 is 1.74 bits per heavy atom. The maximum Gasteiger partial charge on any atom is 0.307 e. The van der Waals surface area contributed by atoms with Gasteiger partial charge < -0.3 is 15.5 Å². The number of rotatable bonds is 10. The van der Waals surface area contributed by atoms with Crippen LogP contribution >= 0.6 is 0 Å². The largest absolute Gasteiger partial charge is 0.481 e. The lowest BCUT2D eigenvalue weighted by Gasteiger charge is -2.09. The van der Waals surface area contributed by atoms with Gasteiger partial charge in [0.1, 0.15) is 0 Å². The number of benzene rings is 1. The monoisotopic (exact) mass is 265 g/mol. The summed E-state index contributed by atoms with van der Waals surface area (Å²) >= 11 is 0. The first-order chi connectivity index (χ1) is 9.24. The van der Waals surface area contributed by atoms with Gasteiger partial charge in [-0.2, -0.15) is 0 Å². The number of unbranched alkanes of at least 4 members (excludes halogenated alkanes) is 3. The minimum absolute atomic E-state index is 0.0777. The van der Waals surface area contributed by atoms with E-state index in [4.69, 9.17) is 10.2 Å². The van der Waals surface area contributed by atoms with Gasteiger partial charge in [0.15, 0.2) is 0 Å². The highest BCUT2D eigenvalue weighted by Crippen LogP contribution is 2.09. The number of aliphatic hydroxyl groups excluding tert-OH is 1. The van der Waals surface area contributed by atoms with Crippen molar-refractivity contribution in [2.75, 3.05) is 13.2 Å². The van der Waals surface area contributed by atoms with Gasteiger partial charge in [-0.25, -0.2) is 0 Å². The van der Waals surface area contributed by atoms with Crippen LogP contribution in [0.2, 0.25) is 0 Å². The van der Waals surface area contributed by atoms with E-state index in [1.165, 1.54) is 0 Å². The first kappa shape index (κ1) is 15.7. The Labute approximate surface area is 114 Å². The van der Waals surface area contributed by atoms with Crippen LogP contribution in [0.25, 0.3) is 0 Å². The molecule has 1 aromatic rings. The molecule has 0 amide bonds. The molecule has 0 atom stereocenters. The molecule has 106 valence electrons. The molecule has 0 fully saturated rings. The third-order valence-corrected chi connectivity index (χ3v) is 3.04. The topological polar surface area (TPSA) is 69.6 Å². The highest BCUT2D eigenvalue weighted by molar-refractivity contribution is 5.70. The minimum Gasteiger partial charge on any atom is -0.481 e. The summed E-state index contributed by atoms with van der Waals surface area (Å²) in [5.41, 5.74) is 1.93. The number of aliphatic hydroxyl groups is 1. The normalized spacial score (nSPS) is 10.6. The predicted molar refractivity (Wildman–Crippen MR) is 75.0 cm³/mol. The van der Waals surface area contributed by atoms with Crippen molar-refractivity contribution in [1.29, 1.82) is 0 Å². The highest BCUT2D eigenvalue weighted by Gasteiger charge is 2.05. The number of hydrogen-bond acceptors (Lipinski definition) is 3. The van der Waals surface area contributed by atoms with Gasteiger partial charge in [-0.05, 0) is 30.5 Å². The molecule has 0 aliphatic rings. The first-order valence-electron chi connectivity index (χ1n) is 6.84. The lowest BCUT2D eigenvalue weighted by Crippen LogP contribution is -2.16. The predicted octanol–water partition coefficient (Wildman–Crippen LogP) is 1.96. The molecule has 1 aromatic carbocycles. The van der Waals surface area contributed by atoms with Crippen molar-refractivity contribution in [3.05, 3.63) is 35.4 Å². The van der Waals surface area contributed by atoms with Gasteiger partial charge in [0.05, 0.1) is 6.42 Å². The second-order valence-corrected chi connectivity index (χ2v) is 4.65. The zero-order valence-electron chi connectivity index (χ0n) is 11.3. The summed E-state index contributed by atoms with van der Waals surface area (Å²) in [4.78, 5) is 10.8. The van der Waals surface area contributed by atoms with Crippen LogP contribution in [-0.4, -0.2) is 29.3 Å². The molecule has 0 aliphatic carbocycles. The van der Waals surface area contributed by atoms with E-state index < -0.39 is 5.97 Å². The molecular weight excluding hydrogens is 242 g/mol. The summed E-state index contributed by atoms with van der Waals surface area (Å²) in [6.07, 6.45) is 4.22. The van der Waals surface area contributed by atoms with Crippen LogP contribution in [0.15, 0.2) is 24.3 Å². The van der Waals surface area contributed by atoms with Gasteiger partial charge in [-0.3, -0.25) is 4.79 Å². The maximum absolute atomic E-state index is 10.8. The number of nitrogens with one attached hydrogen (secondary N) is 1. The van der Waals surface area contributed by atoms with Crippen molar-refractivity contribution in [1.82, 2.24) is 5.32 Å². The third-order valence-electron chi connectivity index (χ3n) is 3.04. The van der Waals surface area contributed by atoms with Crippen LogP contribution < -0.4 is 5.32 Å². The Bertz CT molecular complexity index is 379. The van der Waals surface area contributed by atoms with E-state index in [1.807, 2.05) is 24.3 Å². The van der Waals surface area contributed by atoms with E-state index in [-0.39, 0.29) is 13.0 Å². The maximum atomic E-state index is 10.8. The number of aliphatic carboxylic acids is 1. The smallest absolute Gasteiger partial charge is 0.307 e. The molecule has 0 aliphatic heterocycles. The molecular formula is C15H23NO3. The quantitative estimate of drug-likeness (QED) is 0.566. The second kappa shape index (κ2) is 9.53. The van der Waals surface area contributed by atoms with Gasteiger partial charge in [-0.15, -0.1) is 0 Å². The molecule has 1 rings (SSSR count). The van der Waals surface area contributed by atoms with Crippen LogP contribution in [0.4, 0.5) is 0 Å². The van der Waals surface area contributed by atoms with E-state index in [2.05, 4.69) is 5.32 Å². The van der Waals surface area contributed by atoms with Gasteiger partial charge in [0.2, 0.25) is 0 Å². The third kappa shape index (κ3) is 6.94. The van der Waals surface area contributed by atoms with Crippen molar-refractivity contribution in [2.24, 2.45) is 0 Å². The van der Waals surface area contributed by atoms with Crippen molar-refractivity contribution in [3.8, 4) is 0 Å². The fraction of sp³-hybridized carbons (Fsp3) is 0.533. The van der Waals surface area contributed by atoms with Gasteiger partial charge in [0.25, 0.3) is 0 Å². The van der Waals surface area contributed by atoms with E-state index in [9.17, 15) is 4.79 Å². The summed E-state index contributed by atoms with van der Waals surface area (Å²) in [6.45, 7) is 1.91. The standard InChI is InChI=1S/C15H23NO3/c17-10-6-2-1-5-9-16-12-14-8-4-3-7-13(14)11-15(18)19/h3-4,7-8,16-17H,1-2,5-6,9-12H2,(H,18,19). The van der Waals surface area contributed by atoms with Crippen molar-refractivity contribution < 1.29 is 15.0 Å². The van der Waals surface area contributed by atoms with Gasteiger partial charge >= 0.3 is 5.97 Å². The number of carbonyl (C=O) groups is 1. The molecule has 0 spiro atoms. The van der Waals surface area contributed by atoms with Crippen molar-refractivity contribution >= 4 is 5.97 Å². The van der Waals surface area contributed by atoms with Crippen molar-refractivity contribution in [2.45, 2.75) is 38.6 Å². The molecule has 4 nitrogen and oxygen atoms in total. The van der Waals surface area contributed by atoms with Crippen molar-refractivity contribution in [3.63, 3.8) is 0 Å². The molecule has 0 heterocycles. The summed E-state index contributed by atoms with van der Waals surface area (Å²) in [7, 11) is 0. The summed E-state index contributed by atoms with van der Waals surface area (Å²) in [5, 5.41) is 20.8. The molecule has 0 saturated carbocycles. The number of hydrogen-bond donors (Lipinski definition) is 3. The highest BCUT2D eigenvalue weighted by atomic mass is 16.4. The van der Waals surface area contributed by atoms with Crippen LogP contribution in [0.5, 0.6) is 0 Å². The number of carboxylic acids is 1. The Morgan fingerprint density at radius 3 is 2.42 bits per heavy atom. The molecule has 0 bridgehead atoms. The zero-order valence-corrected chi connectivity index (χ0v) is 11.3. The summed E-state index contributed by atoms with van der Waals surface area (Å²) in [6, 6.07) is 7.64. The zero-order chi connectivity index (χ0) is 13.9. The summed E-state index contributed by atoms with van der Waals surface area (Å²) < 4.78 is 0. The first-order valence-corrected chi connectivity index (χ1v) is 6.84. The molecule has 0 aromatic heterocycles. The SMILES string of the molecule is O=C(O)Cc1ccccc1CNCCCCCCO. The fourth-order valence-corrected chi connectivity index (χ4v) is 2.00.